The maximum atomic E-state index is 12.5. The largest absolute Gasteiger partial charge is 0.356 e. The van der Waals surface area contributed by atoms with E-state index in [-0.39, 0.29) is 11.2 Å². The van der Waals surface area contributed by atoms with E-state index in [1.807, 2.05) is 6.20 Å². The highest BCUT2D eigenvalue weighted by Gasteiger charge is 2.32. The molecule has 192 valence electrons. The van der Waals surface area contributed by atoms with Crippen LogP contribution in [0.5, 0.6) is 0 Å². The number of aliphatic imine (C=N–C) groups is 1. The first-order valence-corrected chi connectivity index (χ1v) is 13.3. The second kappa shape index (κ2) is 11.6. The van der Waals surface area contributed by atoms with E-state index in [9.17, 15) is 4.79 Å². The Kier molecular flexibility index (Phi) is 9.09. The van der Waals surface area contributed by atoms with Crippen molar-refractivity contribution in [1.29, 1.82) is 0 Å². The topological polar surface area (TPSA) is 48.8 Å². The third kappa shape index (κ3) is 6.91. The van der Waals surface area contributed by atoms with Crippen LogP contribution in [0.4, 0.5) is 0 Å². The van der Waals surface area contributed by atoms with Gasteiger partial charge in [0.2, 0.25) is 0 Å². The number of rotatable bonds is 8. The Balaban J connectivity index is 1.78. The Labute approximate surface area is 213 Å². The van der Waals surface area contributed by atoms with E-state index in [0.29, 0.717) is 23.5 Å². The van der Waals surface area contributed by atoms with Gasteiger partial charge in [-0.1, -0.05) is 65.7 Å². The fourth-order valence-electron chi connectivity index (χ4n) is 5.57. The van der Waals surface area contributed by atoms with Crippen molar-refractivity contribution in [2.45, 2.75) is 91.6 Å². The highest BCUT2D eigenvalue weighted by molar-refractivity contribution is 5.97. The zero-order valence-corrected chi connectivity index (χ0v) is 23.1. The predicted octanol–water partition coefficient (Wildman–Crippen LogP) is 6.16. The Bertz CT molecular complexity index is 948. The molecule has 0 spiro atoms. The molecule has 0 bridgehead atoms. The number of likely N-dealkylation sites (tertiary alicyclic amines) is 1. The van der Waals surface area contributed by atoms with E-state index < -0.39 is 0 Å². The summed E-state index contributed by atoms with van der Waals surface area (Å²) in [4.78, 5) is 27.1. The van der Waals surface area contributed by atoms with Gasteiger partial charge in [-0.2, -0.15) is 0 Å². The zero-order valence-electron chi connectivity index (χ0n) is 23.1. The summed E-state index contributed by atoms with van der Waals surface area (Å²) < 4.78 is 0. The molecule has 5 nitrogen and oxygen atoms in total. The lowest BCUT2D eigenvalue weighted by Crippen LogP contribution is -2.34. The molecule has 1 aromatic rings. The van der Waals surface area contributed by atoms with E-state index in [1.165, 1.54) is 24.8 Å². The summed E-state index contributed by atoms with van der Waals surface area (Å²) in [5.41, 5.74) is 4.19. The summed E-state index contributed by atoms with van der Waals surface area (Å²) in [6.45, 7) is 19.5. The van der Waals surface area contributed by atoms with Crippen molar-refractivity contribution in [2.24, 2.45) is 16.8 Å². The average Bonchev–Trinajstić information content (AvgIpc) is 3.18. The van der Waals surface area contributed by atoms with Crippen LogP contribution in [0, 0.1) is 11.8 Å². The van der Waals surface area contributed by atoms with Crippen LogP contribution in [0.1, 0.15) is 84.9 Å². The summed E-state index contributed by atoms with van der Waals surface area (Å²) >= 11 is 0. The minimum absolute atomic E-state index is 0.0292. The maximum Gasteiger partial charge on any atom is 0.163 e. The third-order valence-corrected chi connectivity index (χ3v) is 7.79. The lowest BCUT2D eigenvalue weighted by molar-refractivity contribution is -0.113. The van der Waals surface area contributed by atoms with E-state index in [4.69, 9.17) is 9.98 Å². The standard InChI is InChI=1S/C30H46N4O/c1-9-26(23(4)35)29(33(8)25-13-11-10-12-14-25)32-22(3)27-20-34(18-21(27)2)19-24-15-16-28(31-17-24)30(5,6)7/h9,15-17,21,25,27H,1,10-14,18-20H2,2-8H3/b29-26+,32-22+/t21?,27-/m1/s1. The molecule has 3 rings (SSSR count). The Hall–Kier alpha value is -2.27. The van der Waals surface area contributed by atoms with Gasteiger partial charge in [0.15, 0.2) is 5.78 Å². The van der Waals surface area contributed by atoms with E-state index in [0.717, 1.165) is 49.7 Å². The van der Waals surface area contributed by atoms with Crippen LogP contribution in [0.3, 0.4) is 0 Å². The molecule has 2 fully saturated rings. The number of pyridine rings is 1. The molecule has 0 amide bonds. The van der Waals surface area contributed by atoms with Crippen molar-refractivity contribution in [3.8, 4) is 0 Å². The van der Waals surface area contributed by atoms with Gasteiger partial charge in [0.05, 0.1) is 5.57 Å². The smallest absolute Gasteiger partial charge is 0.163 e. The van der Waals surface area contributed by atoms with Crippen molar-refractivity contribution in [3.63, 3.8) is 0 Å². The molecular weight excluding hydrogens is 432 g/mol. The summed E-state index contributed by atoms with van der Waals surface area (Å²) in [7, 11) is 2.10. The number of carbonyl (C=O) groups excluding carboxylic acids is 1. The van der Waals surface area contributed by atoms with Crippen molar-refractivity contribution < 1.29 is 4.79 Å². The zero-order chi connectivity index (χ0) is 25.8. The van der Waals surface area contributed by atoms with Gasteiger partial charge in [-0.25, -0.2) is 4.99 Å². The number of hydrogen-bond donors (Lipinski definition) is 0. The molecule has 35 heavy (non-hydrogen) atoms. The molecule has 0 aromatic carbocycles. The molecule has 1 unspecified atom stereocenters. The number of ketones is 1. The van der Waals surface area contributed by atoms with E-state index in [1.54, 1.807) is 13.0 Å². The minimum atomic E-state index is 0.0292. The fourth-order valence-corrected chi connectivity index (χ4v) is 5.57. The second-order valence-corrected chi connectivity index (χ2v) is 11.7. The normalized spacial score (nSPS) is 23.2. The van der Waals surface area contributed by atoms with Gasteiger partial charge in [0, 0.05) is 61.7 Å². The quantitative estimate of drug-likeness (QED) is 0.255. The van der Waals surface area contributed by atoms with E-state index in [2.05, 4.69) is 70.2 Å². The number of nitrogens with zero attached hydrogens (tertiary/aromatic N) is 4. The summed E-state index contributed by atoms with van der Waals surface area (Å²) in [6, 6.07) is 4.82. The van der Waals surface area contributed by atoms with Crippen LogP contribution in [0.25, 0.3) is 0 Å². The van der Waals surface area contributed by atoms with Gasteiger partial charge in [-0.3, -0.25) is 14.7 Å². The first-order valence-electron chi connectivity index (χ1n) is 13.3. The molecule has 1 aliphatic carbocycles. The van der Waals surface area contributed by atoms with Gasteiger partial charge in [0.1, 0.15) is 5.82 Å². The second-order valence-electron chi connectivity index (χ2n) is 11.7. The van der Waals surface area contributed by atoms with Gasteiger partial charge in [0.25, 0.3) is 0 Å². The van der Waals surface area contributed by atoms with Crippen LogP contribution in [0.15, 0.2) is 47.4 Å². The fraction of sp³-hybridized carbons (Fsp3) is 0.633. The Morgan fingerprint density at radius 2 is 1.89 bits per heavy atom. The molecule has 1 saturated heterocycles. The van der Waals surface area contributed by atoms with E-state index >= 15 is 0 Å². The molecule has 2 heterocycles. The summed E-state index contributed by atoms with van der Waals surface area (Å²) in [5, 5.41) is 0. The van der Waals surface area contributed by atoms with Crippen LogP contribution >= 0.6 is 0 Å². The van der Waals surface area contributed by atoms with Crippen LogP contribution in [-0.2, 0) is 16.8 Å². The molecule has 0 N–H and O–H groups in total. The minimum Gasteiger partial charge on any atom is -0.356 e. The summed E-state index contributed by atoms with van der Waals surface area (Å²) in [5.74, 6) is 1.70. The highest BCUT2D eigenvalue weighted by Crippen LogP contribution is 2.30. The molecule has 2 atom stereocenters. The first kappa shape index (κ1) is 27.3. The van der Waals surface area contributed by atoms with Crippen LogP contribution in [-0.4, -0.2) is 52.5 Å². The monoisotopic (exact) mass is 478 g/mol. The SMILES string of the molecule is C=C/C(C(C)=O)=C(/N=C(\C)[C@@H]1CN(Cc2ccc(C(C)(C)C)nc2)CC1C)N(C)C1CCCCC1. The third-order valence-electron chi connectivity index (χ3n) is 7.79. The molecule has 2 aliphatic rings. The lowest BCUT2D eigenvalue weighted by Gasteiger charge is -2.34. The van der Waals surface area contributed by atoms with Crippen molar-refractivity contribution in [2.75, 3.05) is 20.1 Å². The van der Waals surface area contributed by atoms with Gasteiger partial charge < -0.3 is 4.90 Å². The molecule has 1 aromatic heterocycles. The number of Topliss-reactive ketones (excluding diaryl/α,β-unsaturated/α-hetero) is 1. The van der Waals surface area contributed by atoms with Crippen molar-refractivity contribution >= 4 is 11.5 Å². The average molecular weight is 479 g/mol. The van der Waals surface area contributed by atoms with Crippen molar-refractivity contribution in [3.05, 3.63) is 53.6 Å². The molecular formula is C30H46N4O. The number of allylic oxidation sites excluding steroid dienone is 2. The van der Waals surface area contributed by atoms with Gasteiger partial charge in [-0.15, -0.1) is 0 Å². The van der Waals surface area contributed by atoms with Gasteiger partial charge in [-0.05, 0) is 44.2 Å². The lowest BCUT2D eigenvalue weighted by atomic mass is 9.91. The Morgan fingerprint density at radius 1 is 1.20 bits per heavy atom. The maximum absolute atomic E-state index is 12.5. The number of hydrogen-bond acceptors (Lipinski definition) is 5. The summed E-state index contributed by atoms with van der Waals surface area (Å²) in [6.07, 6.45) is 9.83. The van der Waals surface area contributed by atoms with Crippen LogP contribution < -0.4 is 0 Å². The molecule has 0 radical (unpaired) electrons. The molecule has 1 aliphatic heterocycles. The van der Waals surface area contributed by atoms with Crippen LogP contribution in [0.2, 0.25) is 0 Å². The number of aromatic nitrogens is 1. The predicted molar refractivity (Wildman–Crippen MR) is 147 cm³/mol. The molecule has 1 saturated carbocycles. The molecule has 5 heteroatoms. The van der Waals surface area contributed by atoms with Gasteiger partial charge >= 0.3 is 0 Å². The van der Waals surface area contributed by atoms with Crippen molar-refractivity contribution in [1.82, 2.24) is 14.8 Å². The first-order chi connectivity index (χ1) is 16.5. The number of carbonyl (C=O) groups is 1. The highest BCUT2D eigenvalue weighted by atomic mass is 16.1. The Morgan fingerprint density at radius 3 is 2.43 bits per heavy atom.